The minimum Gasteiger partial charge on any atom is -0.380 e. The van der Waals surface area contributed by atoms with Crippen LogP contribution in [-0.4, -0.2) is 30.8 Å². The number of hydrogen-bond donors (Lipinski definition) is 1. The highest BCUT2D eigenvalue weighted by Gasteiger charge is 2.21. The van der Waals surface area contributed by atoms with Crippen LogP contribution in [0.15, 0.2) is 24.3 Å². The Morgan fingerprint density at radius 3 is 2.75 bits per heavy atom. The van der Waals surface area contributed by atoms with E-state index in [4.69, 9.17) is 9.72 Å². The third-order valence-electron chi connectivity index (χ3n) is 3.52. The molecule has 0 saturated carbocycles. The Morgan fingerprint density at radius 1 is 1.30 bits per heavy atom. The molecule has 4 heteroatoms. The molecule has 2 atom stereocenters. The average Bonchev–Trinajstić information content (AvgIpc) is 2.86. The molecule has 0 aliphatic heterocycles. The maximum atomic E-state index is 5.67. The van der Waals surface area contributed by atoms with Gasteiger partial charge in [0.05, 0.1) is 21.3 Å². The molecule has 0 bridgehead atoms. The second-order valence-corrected chi connectivity index (χ2v) is 6.12. The van der Waals surface area contributed by atoms with Crippen LogP contribution >= 0.6 is 11.3 Å². The maximum Gasteiger partial charge on any atom is 0.0955 e. The molecule has 1 aromatic heterocycles. The van der Waals surface area contributed by atoms with Gasteiger partial charge in [0.1, 0.15) is 0 Å². The summed E-state index contributed by atoms with van der Waals surface area (Å²) in [5.41, 5.74) is 1.10. The van der Waals surface area contributed by atoms with Crippen molar-refractivity contribution in [1.29, 1.82) is 0 Å². The lowest BCUT2D eigenvalue weighted by molar-refractivity contribution is 0.0614. The summed E-state index contributed by atoms with van der Waals surface area (Å²) in [5, 5.41) is 4.74. The zero-order valence-corrected chi connectivity index (χ0v) is 13.4. The number of aromatic nitrogens is 1. The van der Waals surface area contributed by atoms with Gasteiger partial charge >= 0.3 is 0 Å². The molecule has 110 valence electrons. The Hall–Kier alpha value is -0.970. The molecular weight excluding hydrogens is 268 g/mol. The summed E-state index contributed by atoms with van der Waals surface area (Å²) < 4.78 is 6.93. The predicted octanol–water partition coefficient (Wildman–Crippen LogP) is 3.63. The number of likely N-dealkylation sites (N-methyl/N-ethyl adjacent to an activating group) is 1. The molecule has 0 saturated heterocycles. The van der Waals surface area contributed by atoms with E-state index in [0.29, 0.717) is 6.04 Å². The fraction of sp³-hybridized carbons (Fsp3) is 0.562. The highest BCUT2D eigenvalue weighted by molar-refractivity contribution is 7.18. The van der Waals surface area contributed by atoms with Crippen molar-refractivity contribution in [2.45, 2.75) is 45.3 Å². The molecule has 2 rings (SSSR count). The molecule has 3 nitrogen and oxygen atoms in total. The van der Waals surface area contributed by atoms with Crippen molar-refractivity contribution >= 4 is 21.6 Å². The molecule has 0 aliphatic carbocycles. The molecule has 0 amide bonds. The maximum absolute atomic E-state index is 5.67. The lowest BCUT2D eigenvalue weighted by Gasteiger charge is -2.25. The molecule has 2 aromatic rings. The first-order chi connectivity index (χ1) is 9.78. The number of hydrogen-bond acceptors (Lipinski definition) is 4. The Kier molecular flexibility index (Phi) is 5.95. The third-order valence-corrected chi connectivity index (χ3v) is 4.58. The number of para-hydroxylation sites is 1. The van der Waals surface area contributed by atoms with Crippen molar-refractivity contribution in [3.05, 3.63) is 29.3 Å². The number of ether oxygens (including phenoxy) is 1. The van der Waals surface area contributed by atoms with E-state index in [1.165, 1.54) is 9.71 Å². The smallest absolute Gasteiger partial charge is 0.0955 e. The first kappa shape index (κ1) is 15.4. The lowest BCUT2D eigenvalue weighted by atomic mass is 10.0. The number of fused-ring (bicyclic) bond motifs is 1. The normalized spacial score (nSPS) is 14.6. The molecule has 0 aliphatic rings. The van der Waals surface area contributed by atoms with E-state index in [0.717, 1.165) is 31.3 Å². The van der Waals surface area contributed by atoms with Crippen molar-refractivity contribution in [3.63, 3.8) is 0 Å². The number of nitrogens with one attached hydrogen (secondary N) is 1. The van der Waals surface area contributed by atoms with Crippen molar-refractivity contribution < 1.29 is 4.74 Å². The summed E-state index contributed by atoms with van der Waals surface area (Å²) >= 11 is 1.79. The third kappa shape index (κ3) is 3.78. The molecular formula is C16H24N2OS. The van der Waals surface area contributed by atoms with Crippen LogP contribution in [0.3, 0.4) is 0 Å². The van der Waals surface area contributed by atoms with Gasteiger partial charge in [-0.25, -0.2) is 4.98 Å². The fourth-order valence-corrected chi connectivity index (χ4v) is 3.59. The van der Waals surface area contributed by atoms with Gasteiger partial charge in [0.15, 0.2) is 0 Å². The molecule has 1 N–H and O–H groups in total. The van der Waals surface area contributed by atoms with Crippen LogP contribution in [0.1, 0.15) is 31.7 Å². The van der Waals surface area contributed by atoms with E-state index in [9.17, 15) is 0 Å². The summed E-state index contributed by atoms with van der Waals surface area (Å²) in [6.45, 7) is 5.30. The van der Waals surface area contributed by atoms with E-state index in [2.05, 4.69) is 37.4 Å². The van der Waals surface area contributed by atoms with E-state index < -0.39 is 0 Å². The topological polar surface area (TPSA) is 34.1 Å². The van der Waals surface area contributed by atoms with E-state index >= 15 is 0 Å². The molecule has 2 unspecified atom stereocenters. The second-order valence-electron chi connectivity index (χ2n) is 5.01. The van der Waals surface area contributed by atoms with Gasteiger partial charge in [-0.2, -0.15) is 0 Å². The van der Waals surface area contributed by atoms with Crippen LogP contribution in [-0.2, 0) is 11.2 Å². The molecule has 0 spiro atoms. The summed E-state index contributed by atoms with van der Waals surface area (Å²) in [4.78, 5) is 4.73. The summed E-state index contributed by atoms with van der Waals surface area (Å²) in [6, 6.07) is 8.67. The van der Waals surface area contributed by atoms with Crippen molar-refractivity contribution in [3.8, 4) is 0 Å². The van der Waals surface area contributed by atoms with Crippen LogP contribution in [0.4, 0.5) is 0 Å². The van der Waals surface area contributed by atoms with Crippen molar-refractivity contribution in [2.75, 3.05) is 13.7 Å². The number of methoxy groups -OCH3 is 1. The van der Waals surface area contributed by atoms with Crippen LogP contribution in [0, 0.1) is 0 Å². The van der Waals surface area contributed by atoms with Gasteiger partial charge < -0.3 is 10.1 Å². The van der Waals surface area contributed by atoms with Gasteiger partial charge in [0, 0.05) is 19.6 Å². The largest absolute Gasteiger partial charge is 0.380 e. The lowest BCUT2D eigenvalue weighted by Crippen LogP contribution is -2.42. The Labute approximate surface area is 125 Å². The number of thiazole rings is 1. The number of nitrogens with zero attached hydrogens (tertiary/aromatic N) is 1. The molecule has 20 heavy (non-hydrogen) atoms. The molecule has 0 fully saturated rings. The predicted molar refractivity (Wildman–Crippen MR) is 86.5 cm³/mol. The first-order valence-electron chi connectivity index (χ1n) is 7.39. The minimum atomic E-state index is 0.256. The van der Waals surface area contributed by atoms with E-state index in [-0.39, 0.29) is 6.10 Å². The second kappa shape index (κ2) is 7.72. The van der Waals surface area contributed by atoms with E-state index in [1.807, 2.05) is 13.2 Å². The van der Waals surface area contributed by atoms with Crippen LogP contribution in [0.25, 0.3) is 10.2 Å². The monoisotopic (exact) mass is 292 g/mol. The quantitative estimate of drug-likeness (QED) is 0.806. The SMILES string of the molecule is CCCC(OC)C(Cc1nc2ccccc2s1)NCC. The molecule has 1 aromatic carbocycles. The van der Waals surface area contributed by atoms with Gasteiger partial charge in [0.2, 0.25) is 0 Å². The minimum absolute atomic E-state index is 0.256. The highest BCUT2D eigenvalue weighted by atomic mass is 32.1. The van der Waals surface area contributed by atoms with Crippen LogP contribution in [0.2, 0.25) is 0 Å². The first-order valence-corrected chi connectivity index (χ1v) is 8.20. The fourth-order valence-electron chi connectivity index (χ4n) is 2.56. The van der Waals surface area contributed by atoms with Gasteiger partial charge in [-0.1, -0.05) is 32.4 Å². The van der Waals surface area contributed by atoms with Gasteiger partial charge in [-0.05, 0) is 25.1 Å². The Morgan fingerprint density at radius 2 is 2.10 bits per heavy atom. The molecule has 1 heterocycles. The average molecular weight is 292 g/mol. The number of benzene rings is 1. The van der Waals surface area contributed by atoms with Crippen molar-refractivity contribution in [1.82, 2.24) is 10.3 Å². The zero-order chi connectivity index (χ0) is 14.4. The van der Waals surface area contributed by atoms with Gasteiger partial charge in [0.25, 0.3) is 0 Å². The standard InChI is InChI=1S/C16H24N2OS/c1-4-8-14(19-3)13(17-5-2)11-16-18-12-9-6-7-10-15(12)20-16/h6-7,9-10,13-14,17H,4-5,8,11H2,1-3H3. The Bertz CT molecular complexity index is 493. The highest BCUT2D eigenvalue weighted by Crippen LogP contribution is 2.23. The Balaban J connectivity index is 2.13. The van der Waals surface area contributed by atoms with Crippen LogP contribution in [0.5, 0.6) is 0 Å². The van der Waals surface area contributed by atoms with Crippen molar-refractivity contribution in [2.24, 2.45) is 0 Å². The summed E-state index contributed by atoms with van der Waals surface area (Å²) in [5.74, 6) is 0. The van der Waals surface area contributed by atoms with Gasteiger partial charge in [-0.3, -0.25) is 0 Å². The van der Waals surface area contributed by atoms with Gasteiger partial charge in [-0.15, -0.1) is 11.3 Å². The number of rotatable bonds is 8. The van der Waals surface area contributed by atoms with Crippen LogP contribution < -0.4 is 5.32 Å². The summed E-state index contributed by atoms with van der Waals surface area (Å²) in [7, 11) is 1.81. The van der Waals surface area contributed by atoms with E-state index in [1.54, 1.807) is 11.3 Å². The zero-order valence-electron chi connectivity index (χ0n) is 12.6. The summed E-state index contributed by atoms with van der Waals surface area (Å²) in [6.07, 6.45) is 3.41. The molecule has 0 radical (unpaired) electrons.